The van der Waals surface area contributed by atoms with E-state index in [0.29, 0.717) is 5.25 Å². The molecule has 102 valence electrons. The third-order valence-corrected chi connectivity index (χ3v) is 5.96. The van der Waals surface area contributed by atoms with Crippen molar-refractivity contribution in [2.45, 2.75) is 21.5 Å². The van der Waals surface area contributed by atoms with Crippen LogP contribution in [0.3, 0.4) is 0 Å². The van der Waals surface area contributed by atoms with Gasteiger partial charge in [-0.15, -0.1) is 23.5 Å². The van der Waals surface area contributed by atoms with E-state index in [9.17, 15) is 10.1 Å². The average molecular weight is 303 g/mol. The van der Waals surface area contributed by atoms with Crippen LogP contribution in [0.25, 0.3) is 0 Å². The first-order valence-corrected chi connectivity index (χ1v) is 8.21. The van der Waals surface area contributed by atoms with Crippen LogP contribution in [0.5, 0.6) is 0 Å². The molecule has 2 aromatic rings. The lowest BCUT2D eigenvalue weighted by Gasteiger charge is -2.08. The Balaban J connectivity index is 1.66. The Morgan fingerprint density at radius 3 is 2.75 bits per heavy atom. The molecule has 0 saturated carbocycles. The minimum absolute atomic E-state index is 0.206. The first-order valence-electron chi connectivity index (χ1n) is 6.35. The fraction of sp³-hybridized carbons (Fsp3) is 0.200. The third-order valence-electron chi connectivity index (χ3n) is 3.20. The van der Waals surface area contributed by atoms with Crippen molar-refractivity contribution in [3.05, 3.63) is 64.2 Å². The Morgan fingerprint density at radius 1 is 1.20 bits per heavy atom. The van der Waals surface area contributed by atoms with Gasteiger partial charge in [0, 0.05) is 22.0 Å². The van der Waals surface area contributed by atoms with Crippen LogP contribution in [0.4, 0.5) is 5.69 Å². The molecule has 0 aliphatic carbocycles. The standard InChI is InChI=1S/C15H13NO2S2/c17-16(18)13-6-2-4-8-15(13)19-10-12-9-11-5-1-3-7-14(11)20-12/h1-8,12H,9-10H2. The molecule has 1 atom stereocenters. The highest BCUT2D eigenvalue weighted by molar-refractivity contribution is 8.03. The molecule has 1 aliphatic heterocycles. The minimum atomic E-state index is -0.307. The number of thioether (sulfide) groups is 2. The van der Waals surface area contributed by atoms with E-state index in [4.69, 9.17) is 0 Å². The summed E-state index contributed by atoms with van der Waals surface area (Å²) in [6.07, 6.45) is 1.05. The van der Waals surface area contributed by atoms with Gasteiger partial charge in [-0.3, -0.25) is 10.1 Å². The number of para-hydroxylation sites is 1. The lowest BCUT2D eigenvalue weighted by atomic mass is 10.1. The van der Waals surface area contributed by atoms with Crippen LogP contribution >= 0.6 is 23.5 Å². The Labute approximate surface area is 125 Å². The number of rotatable bonds is 4. The van der Waals surface area contributed by atoms with Crippen LogP contribution in [-0.2, 0) is 6.42 Å². The van der Waals surface area contributed by atoms with E-state index in [2.05, 4.69) is 24.3 Å². The number of hydrogen-bond acceptors (Lipinski definition) is 4. The van der Waals surface area contributed by atoms with E-state index in [0.717, 1.165) is 17.1 Å². The molecule has 0 bridgehead atoms. The maximum Gasteiger partial charge on any atom is 0.282 e. The first kappa shape index (κ1) is 13.5. The molecule has 0 spiro atoms. The predicted octanol–water partition coefficient (Wildman–Crippen LogP) is 4.40. The van der Waals surface area contributed by atoms with Gasteiger partial charge in [-0.05, 0) is 24.1 Å². The second-order valence-electron chi connectivity index (χ2n) is 4.59. The van der Waals surface area contributed by atoms with E-state index in [1.54, 1.807) is 23.9 Å². The van der Waals surface area contributed by atoms with Crippen molar-refractivity contribution < 1.29 is 4.92 Å². The maximum absolute atomic E-state index is 11.0. The van der Waals surface area contributed by atoms with E-state index in [1.165, 1.54) is 10.5 Å². The van der Waals surface area contributed by atoms with Gasteiger partial charge in [-0.2, -0.15) is 0 Å². The van der Waals surface area contributed by atoms with Crippen molar-refractivity contribution >= 4 is 29.2 Å². The molecule has 3 rings (SSSR count). The summed E-state index contributed by atoms with van der Waals surface area (Å²) in [5, 5.41) is 11.5. The monoisotopic (exact) mass is 303 g/mol. The topological polar surface area (TPSA) is 43.1 Å². The predicted molar refractivity (Wildman–Crippen MR) is 83.6 cm³/mol. The zero-order chi connectivity index (χ0) is 13.9. The molecule has 5 heteroatoms. The van der Waals surface area contributed by atoms with Crippen molar-refractivity contribution in [3.8, 4) is 0 Å². The fourth-order valence-electron chi connectivity index (χ4n) is 2.26. The largest absolute Gasteiger partial charge is 0.282 e. The summed E-state index contributed by atoms with van der Waals surface area (Å²) in [7, 11) is 0. The van der Waals surface area contributed by atoms with Crippen molar-refractivity contribution in [1.29, 1.82) is 0 Å². The van der Waals surface area contributed by atoms with Crippen molar-refractivity contribution in [1.82, 2.24) is 0 Å². The summed E-state index contributed by atoms with van der Waals surface area (Å²) >= 11 is 3.46. The van der Waals surface area contributed by atoms with Crippen LogP contribution in [0, 0.1) is 10.1 Å². The number of nitro groups is 1. The summed E-state index contributed by atoms with van der Waals surface area (Å²) in [6.45, 7) is 0. The molecule has 1 unspecified atom stereocenters. The molecule has 0 N–H and O–H groups in total. The molecule has 1 heterocycles. The molecule has 0 radical (unpaired) electrons. The molecular weight excluding hydrogens is 290 g/mol. The highest BCUT2D eigenvalue weighted by atomic mass is 32.2. The maximum atomic E-state index is 11.0. The summed E-state index contributed by atoms with van der Waals surface area (Å²) in [6, 6.07) is 15.4. The molecule has 20 heavy (non-hydrogen) atoms. The normalized spacial score (nSPS) is 16.9. The van der Waals surface area contributed by atoms with Gasteiger partial charge in [0.1, 0.15) is 0 Å². The second-order valence-corrected chi connectivity index (χ2v) is 6.99. The van der Waals surface area contributed by atoms with Crippen LogP contribution < -0.4 is 0 Å². The number of fused-ring (bicyclic) bond motifs is 1. The van der Waals surface area contributed by atoms with Gasteiger partial charge in [0.2, 0.25) is 0 Å². The lowest BCUT2D eigenvalue weighted by molar-refractivity contribution is -0.387. The van der Waals surface area contributed by atoms with Gasteiger partial charge in [0.05, 0.1) is 9.82 Å². The molecule has 0 saturated heterocycles. The first-order chi connectivity index (χ1) is 9.74. The Hall–Kier alpha value is -1.46. The molecule has 1 aliphatic rings. The van der Waals surface area contributed by atoms with Crippen LogP contribution in [0.2, 0.25) is 0 Å². The van der Waals surface area contributed by atoms with Gasteiger partial charge in [-0.25, -0.2) is 0 Å². The molecule has 3 nitrogen and oxygen atoms in total. The van der Waals surface area contributed by atoms with Gasteiger partial charge < -0.3 is 0 Å². The van der Waals surface area contributed by atoms with Crippen molar-refractivity contribution in [2.24, 2.45) is 0 Å². The Bertz CT molecular complexity index is 620. The highest BCUT2D eigenvalue weighted by Gasteiger charge is 2.23. The Kier molecular flexibility index (Phi) is 3.98. The van der Waals surface area contributed by atoms with Crippen LogP contribution in [0.15, 0.2) is 58.3 Å². The number of benzene rings is 2. The second kappa shape index (κ2) is 5.89. The van der Waals surface area contributed by atoms with Gasteiger partial charge in [0.25, 0.3) is 5.69 Å². The van der Waals surface area contributed by atoms with Crippen LogP contribution in [0.1, 0.15) is 5.56 Å². The van der Waals surface area contributed by atoms with Crippen LogP contribution in [-0.4, -0.2) is 15.9 Å². The zero-order valence-corrected chi connectivity index (χ0v) is 12.3. The summed E-state index contributed by atoms with van der Waals surface area (Å²) < 4.78 is 0. The van der Waals surface area contributed by atoms with Crippen molar-refractivity contribution in [3.63, 3.8) is 0 Å². The highest BCUT2D eigenvalue weighted by Crippen LogP contribution is 2.40. The molecule has 2 aromatic carbocycles. The molecule has 0 fully saturated rings. The summed E-state index contributed by atoms with van der Waals surface area (Å²) in [4.78, 5) is 12.8. The van der Waals surface area contributed by atoms with E-state index < -0.39 is 0 Å². The average Bonchev–Trinajstić information content (AvgIpc) is 2.88. The number of nitro benzene ring substituents is 1. The Morgan fingerprint density at radius 2 is 1.95 bits per heavy atom. The summed E-state index contributed by atoms with van der Waals surface area (Å²) in [5.41, 5.74) is 1.60. The molecule has 0 amide bonds. The molecule has 0 aromatic heterocycles. The lowest BCUT2D eigenvalue weighted by Crippen LogP contribution is -2.04. The van der Waals surface area contributed by atoms with E-state index in [-0.39, 0.29) is 10.6 Å². The number of nitrogens with zero attached hydrogens (tertiary/aromatic N) is 1. The smallest absolute Gasteiger partial charge is 0.258 e. The summed E-state index contributed by atoms with van der Waals surface area (Å²) in [5.74, 6) is 0.893. The van der Waals surface area contributed by atoms with Gasteiger partial charge in [0.15, 0.2) is 0 Å². The quantitative estimate of drug-likeness (QED) is 0.477. The van der Waals surface area contributed by atoms with E-state index in [1.807, 2.05) is 23.9 Å². The third kappa shape index (κ3) is 2.83. The van der Waals surface area contributed by atoms with E-state index >= 15 is 0 Å². The van der Waals surface area contributed by atoms with Crippen molar-refractivity contribution in [2.75, 3.05) is 5.75 Å². The van der Waals surface area contributed by atoms with Gasteiger partial charge in [-0.1, -0.05) is 30.3 Å². The fourth-order valence-corrected chi connectivity index (χ4v) is 4.77. The SMILES string of the molecule is O=[N+]([O-])c1ccccc1SCC1Cc2ccccc2S1. The molecular formula is C15H13NO2S2. The number of hydrogen-bond donors (Lipinski definition) is 0. The minimum Gasteiger partial charge on any atom is -0.258 e. The zero-order valence-electron chi connectivity index (χ0n) is 10.7. The van der Waals surface area contributed by atoms with Gasteiger partial charge >= 0.3 is 0 Å².